The van der Waals surface area contributed by atoms with E-state index in [1.54, 1.807) is 28.9 Å². The number of nitrogens with one attached hydrogen (secondary N) is 1. The molecule has 0 radical (unpaired) electrons. The van der Waals surface area contributed by atoms with Gasteiger partial charge in [-0.25, -0.2) is 9.97 Å². The zero-order valence-corrected chi connectivity index (χ0v) is 15.9. The fourth-order valence-electron chi connectivity index (χ4n) is 3.33. The largest absolute Gasteiger partial charge is 0.334 e. The van der Waals surface area contributed by atoms with Gasteiger partial charge >= 0.3 is 0 Å². The Morgan fingerprint density at radius 2 is 2.11 bits per heavy atom. The Kier molecular flexibility index (Phi) is 4.06. The average molecular weight is 393 g/mol. The number of hydrogen-bond donors (Lipinski definition) is 1. The Morgan fingerprint density at radius 1 is 1.19 bits per heavy atom. The predicted octanol–water partition coefficient (Wildman–Crippen LogP) is 3.86. The highest BCUT2D eigenvalue weighted by molar-refractivity contribution is 7.13. The van der Waals surface area contributed by atoms with Crippen molar-refractivity contribution in [2.75, 3.05) is 6.54 Å². The number of carbonyl (C=O) groups is 1. The molecule has 0 saturated heterocycles. The van der Waals surface area contributed by atoms with Gasteiger partial charge in [-0.05, 0) is 17.7 Å². The van der Waals surface area contributed by atoms with Crippen LogP contribution in [0.3, 0.4) is 0 Å². The summed E-state index contributed by atoms with van der Waals surface area (Å²) in [7, 11) is 0. The molecule has 1 aliphatic heterocycles. The van der Waals surface area contributed by atoms with Gasteiger partial charge < -0.3 is 4.90 Å². The van der Waals surface area contributed by atoms with Crippen LogP contribution in [0.1, 0.15) is 21.6 Å². The lowest BCUT2D eigenvalue weighted by Crippen LogP contribution is -2.26. The van der Waals surface area contributed by atoms with E-state index in [2.05, 4.69) is 20.2 Å². The van der Waals surface area contributed by atoms with E-state index in [0.29, 0.717) is 13.1 Å². The van der Waals surface area contributed by atoms with Crippen LogP contribution in [-0.4, -0.2) is 37.5 Å². The molecule has 1 amide bonds. The summed E-state index contributed by atoms with van der Waals surface area (Å²) in [5, 5.41) is 11.9. The fraction of sp³-hybridized carbons (Fsp3) is 0.158. The summed E-state index contributed by atoms with van der Waals surface area (Å²) >= 11 is 3.15. The molecule has 8 heteroatoms. The third kappa shape index (κ3) is 2.96. The molecule has 0 aliphatic carbocycles. The van der Waals surface area contributed by atoms with Gasteiger partial charge in [0.15, 0.2) is 0 Å². The van der Waals surface area contributed by atoms with Crippen molar-refractivity contribution >= 4 is 28.6 Å². The number of H-pyrrole nitrogens is 1. The summed E-state index contributed by atoms with van der Waals surface area (Å²) in [6, 6.07) is 7.80. The molecule has 134 valence electrons. The molecular weight excluding hydrogens is 378 g/mol. The van der Waals surface area contributed by atoms with Gasteiger partial charge in [0.1, 0.15) is 5.01 Å². The highest BCUT2D eigenvalue weighted by atomic mass is 32.1. The van der Waals surface area contributed by atoms with E-state index in [1.165, 1.54) is 0 Å². The van der Waals surface area contributed by atoms with Gasteiger partial charge in [-0.3, -0.25) is 9.89 Å². The van der Waals surface area contributed by atoms with Gasteiger partial charge in [-0.1, -0.05) is 12.1 Å². The maximum Gasteiger partial charge on any atom is 0.254 e. The third-order valence-electron chi connectivity index (χ3n) is 4.67. The second-order valence-electron chi connectivity index (χ2n) is 6.30. The highest BCUT2D eigenvalue weighted by Crippen LogP contribution is 2.32. The molecule has 1 aliphatic rings. The van der Waals surface area contributed by atoms with Gasteiger partial charge in [-0.15, -0.1) is 22.7 Å². The van der Waals surface area contributed by atoms with Crippen LogP contribution in [0.15, 0.2) is 46.7 Å². The second kappa shape index (κ2) is 6.71. The molecular formula is C19H15N5OS2. The second-order valence-corrected chi connectivity index (χ2v) is 7.87. The molecule has 6 nitrogen and oxygen atoms in total. The first-order chi connectivity index (χ1) is 13.3. The zero-order chi connectivity index (χ0) is 18.2. The summed E-state index contributed by atoms with van der Waals surface area (Å²) in [6.45, 7) is 1.27. The lowest BCUT2D eigenvalue weighted by Gasteiger charge is -2.14. The van der Waals surface area contributed by atoms with E-state index in [0.717, 1.165) is 45.2 Å². The minimum atomic E-state index is 0.0890. The highest BCUT2D eigenvalue weighted by Gasteiger charge is 2.29. The van der Waals surface area contributed by atoms with Crippen molar-refractivity contribution in [2.45, 2.75) is 13.0 Å². The molecule has 5 rings (SSSR count). The van der Waals surface area contributed by atoms with Crippen molar-refractivity contribution in [1.82, 2.24) is 25.1 Å². The summed E-state index contributed by atoms with van der Waals surface area (Å²) in [4.78, 5) is 23.8. The normalized spacial score (nSPS) is 13.3. The number of hydrogen-bond acceptors (Lipinski definition) is 6. The number of nitrogens with zero attached hydrogens (tertiary/aromatic N) is 4. The molecule has 0 fully saturated rings. The van der Waals surface area contributed by atoms with Crippen molar-refractivity contribution in [3.05, 3.63) is 63.6 Å². The molecule has 1 aromatic carbocycles. The molecule has 1 N–H and O–H groups in total. The molecule has 0 spiro atoms. The van der Waals surface area contributed by atoms with Crippen LogP contribution in [0.25, 0.3) is 22.0 Å². The molecule has 0 saturated carbocycles. The first-order valence-corrected chi connectivity index (χ1v) is 10.4. The van der Waals surface area contributed by atoms with Gasteiger partial charge in [0.05, 0.1) is 22.6 Å². The van der Waals surface area contributed by atoms with E-state index >= 15 is 0 Å². The summed E-state index contributed by atoms with van der Waals surface area (Å²) in [5.41, 5.74) is 7.59. The monoisotopic (exact) mass is 393 g/mol. The van der Waals surface area contributed by atoms with Crippen LogP contribution in [0.4, 0.5) is 0 Å². The Bertz CT molecular complexity index is 1090. The van der Waals surface area contributed by atoms with Gasteiger partial charge in [0.2, 0.25) is 0 Å². The number of rotatable bonds is 5. The number of aromatic nitrogens is 4. The molecule has 4 aromatic rings. The van der Waals surface area contributed by atoms with E-state index in [1.807, 2.05) is 45.4 Å². The number of fused-ring (bicyclic) bond motifs is 1. The lowest BCUT2D eigenvalue weighted by molar-refractivity contribution is 0.0780. The van der Waals surface area contributed by atoms with Crippen LogP contribution < -0.4 is 0 Å². The third-order valence-corrected chi connectivity index (χ3v) is 6.18. The van der Waals surface area contributed by atoms with Gasteiger partial charge in [0, 0.05) is 47.6 Å². The number of amides is 1. The minimum Gasteiger partial charge on any atom is -0.334 e. The SMILES string of the molecule is O=C1c2cccc(-c3cscn3)c2CN1CCc1csc(-c2ccn[nH]2)n1. The van der Waals surface area contributed by atoms with Gasteiger partial charge in [0.25, 0.3) is 5.91 Å². The first kappa shape index (κ1) is 16.3. The fourth-order valence-corrected chi connectivity index (χ4v) is 4.71. The molecule has 0 unspecified atom stereocenters. The van der Waals surface area contributed by atoms with E-state index in [4.69, 9.17) is 0 Å². The van der Waals surface area contributed by atoms with E-state index in [-0.39, 0.29) is 5.91 Å². The topological polar surface area (TPSA) is 74.8 Å². The molecule has 3 aromatic heterocycles. The predicted molar refractivity (Wildman–Crippen MR) is 106 cm³/mol. The van der Waals surface area contributed by atoms with Crippen molar-refractivity contribution in [3.63, 3.8) is 0 Å². The van der Waals surface area contributed by atoms with Crippen LogP contribution in [0.2, 0.25) is 0 Å². The van der Waals surface area contributed by atoms with E-state index < -0.39 is 0 Å². The molecule has 0 bridgehead atoms. The van der Waals surface area contributed by atoms with Crippen LogP contribution in [0, 0.1) is 0 Å². The van der Waals surface area contributed by atoms with Gasteiger partial charge in [-0.2, -0.15) is 5.10 Å². The minimum absolute atomic E-state index is 0.0890. The Morgan fingerprint density at radius 3 is 2.93 bits per heavy atom. The van der Waals surface area contributed by atoms with Crippen molar-refractivity contribution in [3.8, 4) is 22.0 Å². The zero-order valence-electron chi connectivity index (χ0n) is 14.3. The Balaban J connectivity index is 1.32. The van der Waals surface area contributed by atoms with E-state index in [9.17, 15) is 4.79 Å². The van der Waals surface area contributed by atoms with Crippen molar-refractivity contribution in [1.29, 1.82) is 0 Å². The van der Waals surface area contributed by atoms with Crippen molar-refractivity contribution < 1.29 is 4.79 Å². The Labute approximate surface area is 163 Å². The number of aromatic amines is 1. The number of carbonyl (C=O) groups excluding carboxylic acids is 1. The maximum atomic E-state index is 12.8. The smallest absolute Gasteiger partial charge is 0.254 e. The summed E-state index contributed by atoms with van der Waals surface area (Å²) in [6.07, 6.45) is 2.45. The average Bonchev–Trinajstić information content (AvgIpc) is 3.46. The number of thiazole rings is 2. The lowest BCUT2D eigenvalue weighted by atomic mass is 10.0. The first-order valence-electron chi connectivity index (χ1n) is 8.53. The van der Waals surface area contributed by atoms with Crippen molar-refractivity contribution in [2.24, 2.45) is 0 Å². The maximum absolute atomic E-state index is 12.8. The molecule has 27 heavy (non-hydrogen) atoms. The quantitative estimate of drug-likeness (QED) is 0.559. The number of benzene rings is 1. The summed E-state index contributed by atoms with van der Waals surface area (Å²) < 4.78 is 0. The molecule has 0 atom stereocenters. The Hall–Kier alpha value is -2.84. The standard InChI is InChI=1S/C19H15N5OS2/c25-19-14-3-1-2-13(17-10-26-11-20-17)15(14)8-24(19)7-5-12-9-27-18(22-12)16-4-6-21-23-16/h1-4,6,9-11H,5,7-8H2,(H,21,23). The van der Waals surface area contributed by atoms with Crippen LogP contribution in [0.5, 0.6) is 0 Å². The van der Waals surface area contributed by atoms with Crippen LogP contribution in [-0.2, 0) is 13.0 Å². The van der Waals surface area contributed by atoms with Crippen LogP contribution >= 0.6 is 22.7 Å². The summed E-state index contributed by atoms with van der Waals surface area (Å²) in [5.74, 6) is 0.0890. The molecule has 4 heterocycles.